The molecule has 1 aromatic rings. The molecule has 1 aromatic heterocycles. The van der Waals surface area contributed by atoms with Crippen molar-refractivity contribution in [1.29, 1.82) is 0 Å². The fourth-order valence-corrected chi connectivity index (χ4v) is 3.80. The summed E-state index contributed by atoms with van der Waals surface area (Å²) in [5.41, 5.74) is 1.18. The first-order valence-corrected chi connectivity index (χ1v) is 7.54. The van der Waals surface area contributed by atoms with Crippen LogP contribution in [0.3, 0.4) is 0 Å². The quantitative estimate of drug-likeness (QED) is 0.781. The molecule has 1 heterocycles. The van der Waals surface area contributed by atoms with Gasteiger partial charge in [-0.3, -0.25) is 4.79 Å². The second-order valence-corrected chi connectivity index (χ2v) is 6.23. The average Bonchev–Trinajstić information content (AvgIpc) is 2.98. The van der Waals surface area contributed by atoms with Crippen LogP contribution in [0.25, 0.3) is 0 Å². The minimum Gasteiger partial charge on any atom is -0.468 e. The summed E-state index contributed by atoms with van der Waals surface area (Å²) in [5.74, 6) is 0.452. The van der Waals surface area contributed by atoms with Crippen LogP contribution in [-0.4, -0.2) is 18.1 Å². The van der Waals surface area contributed by atoms with Gasteiger partial charge in [0.05, 0.1) is 12.8 Å². The average molecular weight is 267 g/mol. The molecule has 100 valence electrons. The minimum atomic E-state index is -0.213. The summed E-state index contributed by atoms with van der Waals surface area (Å²) in [7, 11) is 1.45. The maximum atomic E-state index is 11.8. The van der Waals surface area contributed by atoms with Gasteiger partial charge >= 0.3 is 5.97 Å². The number of ether oxygens (including phenoxy) is 1. The Balaban J connectivity index is 2.18. The van der Waals surface area contributed by atoms with Gasteiger partial charge in [-0.1, -0.05) is 26.7 Å². The van der Waals surface area contributed by atoms with Crippen LogP contribution < -0.4 is 0 Å². The third-order valence-electron chi connectivity index (χ3n) is 3.70. The van der Waals surface area contributed by atoms with E-state index in [-0.39, 0.29) is 17.8 Å². The van der Waals surface area contributed by atoms with Gasteiger partial charge in [0.2, 0.25) is 0 Å². The molecule has 4 heteroatoms. The van der Waals surface area contributed by atoms with Gasteiger partial charge in [0.1, 0.15) is 10.9 Å². The molecule has 1 aliphatic carbocycles. The van der Waals surface area contributed by atoms with Crippen molar-refractivity contribution in [3.05, 3.63) is 16.1 Å². The number of rotatable bonds is 4. The van der Waals surface area contributed by atoms with E-state index in [4.69, 9.17) is 9.72 Å². The molecule has 0 saturated heterocycles. The van der Waals surface area contributed by atoms with Crippen LogP contribution in [0.5, 0.6) is 0 Å². The standard InChI is InChI=1S/C14H21NO2S/c1-9(2)12(14(16)17-3)13-15-11(8-18-13)10-6-4-5-7-10/h8-10,12H,4-7H2,1-3H3. The maximum absolute atomic E-state index is 11.8. The summed E-state index contributed by atoms with van der Waals surface area (Å²) in [6, 6.07) is 0. The Kier molecular flexibility index (Phi) is 4.38. The Bertz CT molecular complexity index is 408. The number of thiazole rings is 1. The van der Waals surface area contributed by atoms with Crippen molar-refractivity contribution >= 4 is 17.3 Å². The van der Waals surface area contributed by atoms with Gasteiger partial charge in [0.25, 0.3) is 0 Å². The molecular formula is C14H21NO2S. The molecule has 0 amide bonds. The molecule has 2 rings (SSSR count). The summed E-state index contributed by atoms with van der Waals surface area (Å²) in [6.07, 6.45) is 5.10. The molecule has 0 radical (unpaired) electrons. The molecular weight excluding hydrogens is 246 g/mol. The summed E-state index contributed by atoms with van der Waals surface area (Å²) in [6.45, 7) is 4.08. The van der Waals surface area contributed by atoms with Crippen molar-refractivity contribution in [2.45, 2.75) is 51.4 Å². The molecule has 0 aliphatic heterocycles. The first kappa shape index (κ1) is 13.5. The molecule has 3 nitrogen and oxygen atoms in total. The van der Waals surface area contributed by atoms with Crippen molar-refractivity contribution in [2.75, 3.05) is 7.11 Å². The van der Waals surface area contributed by atoms with Crippen molar-refractivity contribution in [3.8, 4) is 0 Å². The Labute approximate surface area is 113 Å². The van der Waals surface area contributed by atoms with Gasteiger partial charge in [0.15, 0.2) is 0 Å². The van der Waals surface area contributed by atoms with Crippen LogP contribution in [0, 0.1) is 5.92 Å². The third-order valence-corrected chi connectivity index (χ3v) is 4.65. The Morgan fingerprint density at radius 2 is 2.11 bits per heavy atom. The lowest BCUT2D eigenvalue weighted by atomic mass is 9.96. The first-order valence-electron chi connectivity index (χ1n) is 6.66. The van der Waals surface area contributed by atoms with E-state index in [2.05, 4.69) is 5.38 Å². The molecule has 1 unspecified atom stereocenters. The van der Waals surface area contributed by atoms with Gasteiger partial charge in [-0.25, -0.2) is 4.98 Å². The number of hydrogen-bond donors (Lipinski definition) is 0. The first-order chi connectivity index (χ1) is 8.63. The number of nitrogens with zero attached hydrogens (tertiary/aromatic N) is 1. The molecule has 0 aromatic carbocycles. The SMILES string of the molecule is COC(=O)C(c1nc(C2CCCC2)cs1)C(C)C. The highest BCUT2D eigenvalue weighted by Crippen LogP contribution is 2.37. The van der Waals surface area contributed by atoms with Gasteiger partial charge < -0.3 is 4.74 Å². The minimum absolute atomic E-state index is 0.169. The predicted octanol–water partition coefficient (Wildman–Crippen LogP) is 3.71. The summed E-state index contributed by atoms with van der Waals surface area (Å²) >= 11 is 1.60. The van der Waals surface area contributed by atoms with Gasteiger partial charge in [0, 0.05) is 11.3 Å². The molecule has 18 heavy (non-hydrogen) atoms. The van der Waals surface area contributed by atoms with Gasteiger partial charge in [-0.2, -0.15) is 0 Å². The van der Waals surface area contributed by atoms with Crippen LogP contribution >= 0.6 is 11.3 Å². The van der Waals surface area contributed by atoms with Gasteiger partial charge in [-0.05, 0) is 18.8 Å². The fraction of sp³-hybridized carbons (Fsp3) is 0.714. The van der Waals surface area contributed by atoms with Crippen molar-refractivity contribution in [2.24, 2.45) is 5.92 Å². The molecule has 1 atom stereocenters. The molecule has 0 bridgehead atoms. The van der Waals surface area contributed by atoms with E-state index in [1.165, 1.54) is 38.5 Å². The normalized spacial score (nSPS) is 18.2. The van der Waals surface area contributed by atoms with Crippen LogP contribution in [0.2, 0.25) is 0 Å². The molecule has 0 spiro atoms. The predicted molar refractivity (Wildman–Crippen MR) is 72.9 cm³/mol. The molecule has 0 N–H and O–H groups in total. The molecule has 1 fully saturated rings. The van der Waals surface area contributed by atoms with Crippen LogP contribution in [-0.2, 0) is 9.53 Å². The van der Waals surface area contributed by atoms with Crippen LogP contribution in [0.1, 0.15) is 62.1 Å². The van der Waals surface area contributed by atoms with E-state index in [1.54, 1.807) is 11.3 Å². The number of aromatic nitrogens is 1. The lowest BCUT2D eigenvalue weighted by Crippen LogP contribution is -2.19. The van der Waals surface area contributed by atoms with Crippen molar-refractivity contribution < 1.29 is 9.53 Å². The van der Waals surface area contributed by atoms with E-state index in [0.29, 0.717) is 5.92 Å². The largest absolute Gasteiger partial charge is 0.468 e. The van der Waals surface area contributed by atoms with E-state index >= 15 is 0 Å². The molecule has 1 aliphatic rings. The second kappa shape index (κ2) is 5.83. The highest BCUT2D eigenvalue weighted by molar-refractivity contribution is 7.09. The summed E-state index contributed by atoms with van der Waals surface area (Å²) in [5, 5.41) is 3.04. The number of carbonyl (C=O) groups excluding carboxylic acids is 1. The third kappa shape index (κ3) is 2.74. The lowest BCUT2D eigenvalue weighted by molar-refractivity contribution is -0.143. The fourth-order valence-electron chi connectivity index (χ4n) is 2.64. The number of carbonyl (C=O) groups is 1. The Morgan fingerprint density at radius 3 is 2.67 bits per heavy atom. The van der Waals surface area contributed by atoms with Crippen LogP contribution in [0.15, 0.2) is 5.38 Å². The maximum Gasteiger partial charge on any atom is 0.315 e. The molecule has 1 saturated carbocycles. The lowest BCUT2D eigenvalue weighted by Gasteiger charge is -2.15. The zero-order valence-corrected chi connectivity index (χ0v) is 12.1. The summed E-state index contributed by atoms with van der Waals surface area (Å²) in [4.78, 5) is 16.5. The van der Waals surface area contributed by atoms with E-state index in [9.17, 15) is 4.79 Å². The van der Waals surface area contributed by atoms with E-state index in [0.717, 1.165) is 5.01 Å². The van der Waals surface area contributed by atoms with Gasteiger partial charge in [-0.15, -0.1) is 11.3 Å². The van der Waals surface area contributed by atoms with Crippen molar-refractivity contribution in [3.63, 3.8) is 0 Å². The topological polar surface area (TPSA) is 39.2 Å². The highest BCUT2D eigenvalue weighted by atomic mass is 32.1. The number of esters is 1. The van der Waals surface area contributed by atoms with E-state index in [1.807, 2.05) is 13.8 Å². The number of hydrogen-bond acceptors (Lipinski definition) is 4. The van der Waals surface area contributed by atoms with E-state index < -0.39 is 0 Å². The Hall–Kier alpha value is -0.900. The van der Waals surface area contributed by atoms with Crippen LogP contribution in [0.4, 0.5) is 0 Å². The smallest absolute Gasteiger partial charge is 0.315 e. The summed E-state index contributed by atoms with van der Waals surface area (Å²) < 4.78 is 4.89. The zero-order valence-electron chi connectivity index (χ0n) is 11.3. The monoisotopic (exact) mass is 267 g/mol. The Morgan fingerprint density at radius 1 is 1.44 bits per heavy atom. The second-order valence-electron chi connectivity index (χ2n) is 5.34. The highest BCUT2D eigenvalue weighted by Gasteiger charge is 2.29. The van der Waals surface area contributed by atoms with Crippen molar-refractivity contribution in [1.82, 2.24) is 4.98 Å². The zero-order chi connectivity index (χ0) is 13.1. The number of methoxy groups -OCH3 is 1.